The van der Waals surface area contributed by atoms with Gasteiger partial charge in [-0.2, -0.15) is 0 Å². The molecule has 84 valence electrons. The number of aromatic nitrogens is 1. The van der Waals surface area contributed by atoms with Crippen LogP contribution in [-0.2, 0) is 6.42 Å². The van der Waals surface area contributed by atoms with Crippen LogP contribution >= 0.6 is 11.3 Å². The second-order valence-corrected chi connectivity index (χ2v) is 5.47. The van der Waals surface area contributed by atoms with Crippen LogP contribution in [0.4, 0.5) is 0 Å². The van der Waals surface area contributed by atoms with Crippen molar-refractivity contribution >= 4 is 21.4 Å². The van der Waals surface area contributed by atoms with Gasteiger partial charge in [0, 0.05) is 28.7 Å². The molecule has 2 heterocycles. The van der Waals surface area contributed by atoms with Crippen molar-refractivity contribution in [2.45, 2.75) is 25.3 Å². The van der Waals surface area contributed by atoms with Crippen LogP contribution in [0.5, 0.6) is 0 Å². The number of hydrogen-bond acceptors (Lipinski definition) is 3. The van der Waals surface area contributed by atoms with Gasteiger partial charge in [0.05, 0.1) is 5.69 Å². The van der Waals surface area contributed by atoms with Crippen molar-refractivity contribution in [1.29, 1.82) is 0 Å². The third-order valence-corrected chi connectivity index (χ3v) is 4.32. The molecule has 1 aliphatic carbocycles. The Morgan fingerprint density at radius 2 is 2.38 bits per heavy atom. The zero-order valence-corrected chi connectivity index (χ0v) is 10.3. The topological polar surface area (TPSA) is 24.9 Å². The van der Waals surface area contributed by atoms with Crippen LogP contribution in [0, 0.1) is 5.92 Å². The Hall–Kier alpha value is -0.930. The van der Waals surface area contributed by atoms with Crippen LogP contribution in [0.2, 0.25) is 0 Å². The number of likely N-dealkylation sites (N-methyl/N-ethyl adjacent to an activating group) is 1. The van der Waals surface area contributed by atoms with Gasteiger partial charge >= 0.3 is 0 Å². The van der Waals surface area contributed by atoms with Gasteiger partial charge < -0.3 is 5.32 Å². The van der Waals surface area contributed by atoms with Crippen molar-refractivity contribution in [3.63, 3.8) is 0 Å². The number of nitrogens with one attached hydrogen (secondary N) is 1. The Morgan fingerprint density at radius 1 is 1.50 bits per heavy atom. The lowest BCUT2D eigenvalue weighted by Gasteiger charge is -2.15. The van der Waals surface area contributed by atoms with Crippen LogP contribution < -0.4 is 5.32 Å². The SMILES string of the molecule is CNC(Cc1nccc2sccc12)C1CC1. The average molecular weight is 232 g/mol. The highest BCUT2D eigenvalue weighted by Crippen LogP contribution is 2.34. The fourth-order valence-corrected chi connectivity index (χ4v) is 3.13. The van der Waals surface area contributed by atoms with E-state index in [2.05, 4.69) is 34.9 Å². The second kappa shape index (κ2) is 4.15. The molecule has 0 saturated heterocycles. The molecule has 0 radical (unpaired) electrons. The quantitative estimate of drug-likeness (QED) is 0.877. The van der Waals surface area contributed by atoms with Gasteiger partial charge in [0.1, 0.15) is 0 Å². The Kier molecular flexibility index (Phi) is 2.65. The smallest absolute Gasteiger partial charge is 0.0505 e. The molecule has 3 heteroatoms. The predicted octanol–water partition coefficient (Wildman–Crippen LogP) is 2.84. The number of nitrogens with zero attached hydrogens (tertiary/aromatic N) is 1. The first-order chi connectivity index (χ1) is 7.88. The first-order valence-corrected chi connectivity index (χ1v) is 6.75. The van der Waals surface area contributed by atoms with Gasteiger partial charge in [-0.15, -0.1) is 11.3 Å². The Balaban J connectivity index is 1.89. The van der Waals surface area contributed by atoms with E-state index in [4.69, 9.17) is 0 Å². The monoisotopic (exact) mass is 232 g/mol. The zero-order chi connectivity index (χ0) is 11.0. The van der Waals surface area contributed by atoms with Crippen LogP contribution in [0.1, 0.15) is 18.5 Å². The molecule has 2 nitrogen and oxygen atoms in total. The number of pyridine rings is 1. The lowest BCUT2D eigenvalue weighted by molar-refractivity contribution is 0.497. The van der Waals surface area contributed by atoms with Crippen molar-refractivity contribution in [2.75, 3.05) is 7.05 Å². The molecule has 0 spiro atoms. The van der Waals surface area contributed by atoms with E-state index in [0.717, 1.165) is 12.3 Å². The first-order valence-electron chi connectivity index (χ1n) is 5.87. The molecule has 2 aromatic rings. The molecule has 1 saturated carbocycles. The highest BCUT2D eigenvalue weighted by molar-refractivity contribution is 7.17. The third-order valence-electron chi connectivity index (χ3n) is 3.44. The fourth-order valence-electron chi connectivity index (χ4n) is 2.33. The maximum atomic E-state index is 4.54. The lowest BCUT2D eigenvalue weighted by atomic mass is 10.0. The standard InChI is InChI=1S/C13H16N2S/c1-14-11(9-2-3-9)8-12-10-5-7-16-13(10)4-6-15-12/h4-7,9,11,14H,2-3,8H2,1H3. The van der Waals surface area contributed by atoms with Gasteiger partial charge in [0.2, 0.25) is 0 Å². The van der Waals surface area contributed by atoms with Gasteiger partial charge in [-0.05, 0) is 43.3 Å². The minimum absolute atomic E-state index is 0.609. The third kappa shape index (κ3) is 1.85. The molecule has 0 bridgehead atoms. The first kappa shape index (κ1) is 10.2. The van der Waals surface area contributed by atoms with Gasteiger partial charge in [-0.25, -0.2) is 0 Å². The van der Waals surface area contributed by atoms with Crippen molar-refractivity contribution in [3.8, 4) is 0 Å². The molecule has 1 unspecified atom stereocenters. The maximum Gasteiger partial charge on any atom is 0.0505 e. The molecule has 1 fully saturated rings. The van der Waals surface area contributed by atoms with Gasteiger partial charge in [0.25, 0.3) is 0 Å². The van der Waals surface area contributed by atoms with E-state index >= 15 is 0 Å². The predicted molar refractivity (Wildman–Crippen MR) is 68.9 cm³/mol. The second-order valence-electron chi connectivity index (χ2n) is 4.53. The van der Waals surface area contributed by atoms with Gasteiger partial charge in [-0.3, -0.25) is 4.98 Å². The Labute approximate surface area is 99.7 Å². The molecule has 1 atom stereocenters. The van der Waals surface area contributed by atoms with E-state index in [1.54, 1.807) is 11.3 Å². The summed E-state index contributed by atoms with van der Waals surface area (Å²) in [4.78, 5) is 4.54. The molecular weight excluding hydrogens is 216 g/mol. The molecule has 0 aliphatic heterocycles. The van der Waals surface area contributed by atoms with Crippen LogP contribution in [0.15, 0.2) is 23.7 Å². The summed E-state index contributed by atoms with van der Waals surface area (Å²) in [6.45, 7) is 0. The van der Waals surface area contributed by atoms with Gasteiger partial charge in [-0.1, -0.05) is 0 Å². The van der Waals surface area contributed by atoms with Crippen LogP contribution in [0.25, 0.3) is 10.1 Å². The van der Waals surface area contributed by atoms with Crippen molar-refractivity contribution < 1.29 is 0 Å². The summed E-state index contributed by atoms with van der Waals surface area (Å²) < 4.78 is 1.36. The number of rotatable bonds is 4. The van der Waals surface area contributed by atoms with E-state index in [1.165, 1.54) is 28.6 Å². The summed E-state index contributed by atoms with van der Waals surface area (Å²) in [6, 6.07) is 4.91. The lowest BCUT2D eigenvalue weighted by Crippen LogP contribution is -2.30. The molecular formula is C13H16N2S. The van der Waals surface area contributed by atoms with E-state index in [9.17, 15) is 0 Å². The highest BCUT2D eigenvalue weighted by Gasteiger charge is 2.30. The summed E-state index contributed by atoms with van der Waals surface area (Å²) in [6.07, 6.45) is 5.76. The van der Waals surface area contributed by atoms with E-state index in [0.29, 0.717) is 6.04 Å². The minimum Gasteiger partial charge on any atom is -0.316 e. The molecule has 3 rings (SSSR count). The summed E-state index contributed by atoms with van der Waals surface area (Å²) in [5.74, 6) is 0.876. The Bertz CT molecular complexity index is 487. The van der Waals surface area contributed by atoms with E-state index < -0.39 is 0 Å². The van der Waals surface area contributed by atoms with Crippen molar-refractivity contribution in [1.82, 2.24) is 10.3 Å². The molecule has 16 heavy (non-hydrogen) atoms. The number of hydrogen-bond donors (Lipinski definition) is 1. The fraction of sp³-hybridized carbons (Fsp3) is 0.462. The molecule has 2 aromatic heterocycles. The molecule has 1 aliphatic rings. The Morgan fingerprint density at radius 3 is 3.12 bits per heavy atom. The summed E-state index contributed by atoms with van der Waals surface area (Å²) in [5, 5.41) is 6.93. The largest absolute Gasteiger partial charge is 0.316 e. The van der Waals surface area contributed by atoms with Crippen LogP contribution in [0.3, 0.4) is 0 Å². The molecule has 0 amide bonds. The van der Waals surface area contributed by atoms with E-state index in [-0.39, 0.29) is 0 Å². The molecule has 1 N–H and O–H groups in total. The average Bonchev–Trinajstić information content (AvgIpc) is 3.03. The van der Waals surface area contributed by atoms with Crippen molar-refractivity contribution in [2.24, 2.45) is 5.92 Å². The number of fused-ring (bicyclic) bond motifs is 1. The van der Waals surface area contributed by atoms with Crippen molar-refractivity contribution in [3.05, 3.63) is 29.4 Å². The highest BCUT2D eigenvalue weighted by atomic mass is 32.1. The maximum absolute atomic E-state index is 4.54. The minimum atomic E-state index is 0.609. The van der Waals surface area contributed by atoms with E-state index in [1.807, 2.05) is 6.20 Å². The summed E-state index contributed by atoms with van der Waals surface area (Å²) in [5.41, 5.74) is 1.25. The van der Waals surface area contributed by atoms with Gasteiger partial charge in [0.15, 0.2) is 0 Å². The summed E-state index contributed by atoms with van der Waals surface area (Å²) in [7, 11) is 2.07. The van der Waals surface area contributed by atoms with Crippen LogP contribution in [-0.4, -0.2) is 18.1 Å². The molecule has 0 aromatic carbocycles. The zero-order valence-electron chi connectivity index (χ0n) is 9.44. The number of thiophene rings is 1. The summed E-state index contributed by atoms with van der Waals surface area (Å²) >= 11 is 1.80. The normalized spacial score (nSPS) is 17.8.